The Morgan fingerprint density at radius 2 is 2.00 bits per heavy atom. The van der Waals surface area contributed by atoms with Crippen molar-refractivity contribution in [1.82, 2.24) is 0 Å². The van der Waals surface area contributed by atoms with Gasteiger partial charge in [-0.2, -0.15) is 5.11 Å². The van der Waals surface area contributed by atoms with Gasteiger partial charge in [0.25, 0.3) is 0 Å². The Bertz CT molecular complexity index is 703. The minimum absolute atomic E-state index is 0.178. The van der Waals surface area contributed by atoms with Crippen molar-refractivity contribution in [2.75, 3.05) is 0 Å². The molecule has 6 rings (SSSR count). The highest BCUT2D eigenvalue weighted by molar-refractivity contribution is 7.98. The topological polar surface area (TPSA) is 62.0 Å². The second-order valence-corrected chi connectivity index (χ2v) is 8.67. The van der Waals surface area contributed by atoms with Crippen LogP contribution in [0.25, 0.3) is 0 Å². The molecular formula is C18H20N2O2S. The van der Waals surface area contributed by atoms with E-state index in [-0.39, 0.29) is 5.92 Å². The van der Waals surface area contributed by atoms with Crippen molar-refractivity contribution in [3.8, 4) is 0 Å². The van der Waals surface area contributed by atoms with Crippen molar-refractivity contribution in [3.05, 3.63) is 29.3 Å². The van der Waals surface area contributed by atoms with Crippen LogP contribution in [0.1, 0.15) is 49.1 Å². The predicted octanol–water partition coefficient (Wildman–Crippen LogP) is 4.65. The second-order valence-electron chi connectivity index (χ2n) is 7.89. The fraction of sp³-hybridized carbons (Fsp3) is 0.611. The summed E-state index contributed by atoms with van der Waals surface area (Å²) in [6.45, 7) is 0.644. The molecule has 1 aliphatic heterocycles. The molecule has 1 heterocycles. The molecule has 23 heavy (non-hydrogen) atoms. The Morgan fingerprint density at radius 1 is 1.22 bits per heavy atom. The molecule has 1 aromatic rings. The SMILES string of the molecule is O=C(O)C12CC3CC(CC(C3)C1c1ccc3c(c1)SN=NC3)C2. The molecule has 0 saturated heterocycles. The van der Waals surface area contributed by atoms with Gasteiger partial charge < -0.3 is 5.11 Å². The molecule has 0 aromatic heterocycles. The molecule has 120 valence electrons. The molecule has 5 heteroatoms. The summed E-state index contributed by atoms with van der Waals surface area (Å²) in [5, 5.41) is 14.2. The molecule has 4 bridgehead atoms. The Balaban J connectivity index is 1.60. The summed E-state index contributed by atoms with van der Waals surface area (Å²) in [6, 6.07) is 6.50. The third kappa shape index (κ3) is 1.95. The standard InChI is InChI=1S/C18H20N2O2S/c21-17(22)18-7-10-3-11(8-18)5-14(4-10)16(18)12-1-2-13-9-19-20-23-15(13)6-12/h1-2,6,10-11,14,16H,3-5,7-9H2,(H,21,22). The van der Waals surface area contributed by atoms with E-state index in [2.05, 4.69) is 27.8 Å². The third-order valence-corrected chi connectivity index (χ3v) is 7.40. The van der Waals surface area contributed by atoms with Crippen LogP contribution in [0.2, 0.25) is 0 Å². The lowest BCUT2D eigenvalue weighted by Crippen LogP contribution is -2.55. The van der Waals surface area contributed by atoms with Crippen LogP contribution in [-0.4, -0.2) is 11.1 Å². The smallest absolute Gasteiger partial charge is 0.310 e. The van der Waals surface area contributed by atoms with E-state index < -0.39 is 11.4 Å². The first-order valence-corrected chi connectivity index (χ1v) is 9.33. The predicted molar refractivity (Wildman–Crippen MR) is 87.2 cm³/mol. The molecule has 1 N–H and O–H groups in total. The third-order valence-electron chi connectivity index (χ3n) is 6.63. The fourth-order valence-electron chi connectivity index (χ4n) is 6.10. The van der Waals surface area contributed by atoms with Crippen LogP contribution >= 0.6 is 11.9 Å². The lowest BCUT2D eigenvalue weighted by molar-refractivity contribution is -0.169. The minimum Gasteiger partial charge on any atom is -0.481 e. The van der Waals surface area contributed by atoms with Gasteiger partial charge in [0.2, 0.25) is 0 Å². The average molecular weight is 328 g/mol. The van der Waals surface area contributed by atoms with E-state index in [1.807, 2.05) is 0 Å². The van der Waals surface area contributed by atoms with Crippen LogP contribution in [0.15, 0.2) is 32.7 Å². The van der Waals surface area contributed by atoms with Gasteiger partial charge in [0.1, 0.15) is 0 Å². The number of aliphatic carboxylic acids is 1. The molecule has 4 fully saturated rings. The minimum atomic E-state index is -0.563. The van der Waals surface area contributed by atoms with Gasteiger partial charge in [0.15, 0.2) is 0 Å². The largest absolute Gasteiger partial charge is 0.481 e. The van der Waals surface area contributed by atoms with Crippen LogP contribution in [-0.2, 0) is 11.3 Å². The molecule has 0 spiro atoms. The quantitative estimate of drug-likeness (QED) is 0.804. The number of nitrogens with zero attached hydrogens (tertiary/aromatic N) is 2. The maximum atomic E-state index is 12.3. The second kappa shape index (κ2) is 4.82. The molecule has 4 aliphatic carbocycles. The highest BCUT2D eigenvalue weighted by atomic mass is 32.2. The summed E-state index contributed by atoms with van der Waals surface area (Å²) < 4.78 is 4.07. The van der Waals surface area contributed by atoms with E-state index in [9.17, 15) is 9.90 Å². The molecule has 0 radical (unpaired) electrons. The van der Waals surface area contributed by atoms with E-state index >= 15 is 0 Å². The van der Waals surface area contributed by atoms with Gasteiger partial charge in [0, 0.05) is 22.8 Å². The van der Waals surface area contributed by atoms with Crippen LogP contribution in [0.3, 0.4) is 0 Å². The van der Waals surface area contributed by atoms with Crippen molar-refractivity contribution in [3.63, 3.8) is 0 Å². The van der Waals surface area contributed by atoms with E-state index in [1.54, 1.807) is 0 Å². The van der Waals surface area contributed by atoms with Crippen molar-refractivity contribution < 1.29 is 9.90 Å². The van der Waals surface area contributed by atoms with Gasteiger partial charge in [-0.05, 0) is 67.1 Å². The van der Waals surface area contributed by atoms with E-state index in [0.717, 1.165) is 17.7 Å². The maximum absolute atomic E-state index is 12.3. The van der Waals surface area contributed by atoms with Crippen LogP contribution in [0, 0.1) is 23.2 Å². The summed E-state index contributed by atoms with van der Waals surface area (Å²) >= 11 is 1.42. The number of carboxylic acids is 1. The zero-order chi connectivity index (χ0) is 15.6. The van der Waals surface area contributed by atoms with Gasteiger partial charge in [-0.3, -0.25) is 4.79 Å². The van der Waals surface area contributed by atoms with Gasteiger partial charge in [-0.15, -0.1) is 4.52 Å². The first-order valence-electron chi connectivity index (χ1n) is 8.56. The Labute approximate surface area is 139 Å². The van der Waals surface area contributed by atoms with Crippen molar-refractivity contribution >= 4 is 17.9 Å². The number of fused-ring (bicyclic) bond motifs is 1. The maximum Gasteiger partial charge on any atom is 0.310 e. The number of carbonyl (C=O) groups is 1. The number of benzene rings is 1. The molecular weight excluding hydrogens is 308 g/mol. The van der Waals surface area contributed by atoms with Crippen LogP contribution in [0.5, 0.6) is 0 Å². The Hall–Kier alpha value is -1.36. The molecule has 3 atom stereocenters. The summed E-state index contributed by atoms with van der Waals surface area (Å²) in [6.07, 6.45) is 5.47. The molecule has 0 amide bonds. The van der Waals surface area contributed by atoms with Gasteiger partial charge in [-0.25, -0.2) is 0 Å². The van der Waals surface area contributed by atoms with E-state index in [4.69, 9.17) is 0 Å². The van der Waals surface area contributed by atoms with Crippen molar-refractivity contribution in [1.29, 1.82) is 0 Å². The average Bonchev–Trinajstić information content (AvgIpc) is 2.53. The van der Waals surface area contributed by atoms with Crippen LogP contribution < -0.4 is 0 Å². The highest BCUT2D eigenvalue weighted by Gasteiger charge is 2.61. The van der Waals surface area contributed by atoms with E-state index in [1.165, 1.54) is 42.3 Å². The number of hydrogen-bond donors (Lipinski definition) is 1. The summed E-state index contributed by atoms with van der Waals surface area (Å²) in [5.41, 5.74) is 1.91. The molecule has 4 nitrogen and oxygen atoms in total. The van der Waals surface area contributed by atoms with Crippen molar-refractivity contribution in [2.45, 2.75) is 49.5 Å². The zero-order valence-corrected chi connectivity index (χ0v) is 13.8. The van der Waals surface area contributed by atoms with Crippen LogP contribution in [0.4, 0.5) is 0 Å². The highest BCUT2D eigenvalue weighted by Crippen LogP contribution is 2.66. The number of carboxylic acid groups (broad SMARTS) is 1. The molecule has 3 unspecified atom stereocenters. The monoisotopic (exact) mass is 328 g/mol. The van der Waals surface area contributed by atoms with Crippen molar-refractivity contribution in [2.24, 2.45) is 32.8 Å². The summed E-state index contributed by atoms with van der Waals surface area (Å²) in [4.78, 5) is 13.4. The first kappa shape index (κ1) is 14.0. The summed E-state index contributed by atoms with van der Waals surface area (Å²) in [7, 11) is 0. The lowest BCUT2D eigenvalue weighted by Gasteiger charge is -2.59. The van der Waals surface area contributed by atoms with E-state index in [0.29, 0.717) is 24.3 Å². The Morgan fingerprint density at radius 3 is 2.74 bits per heavy atom. The molecule has 1 aromatic carbocycles. The molecule has 5 aliphatic rings. The zero-order valence-electron chi connectivity index (χ0n) is 12.9. The van der Waals surface area contributed by atoms with Gasteiger partial charge >= 0.3 is 5.97 Å². The lowest BCUT2D eigenvalue weighted by atomic mass is 9.44. The molecule has 4 saturated carbocycles. The first-order chi connectivity index (χ1) is 11.2. The number of rotatable bonds is 2. The normalized spacial score (nSPS) is 40.2. The van der Waals surface area contributed by atoms with Gasteiger partial charge in [-0.1, -0.05) is 12.1 Å². The fourth-order valence-corrected chi connectivity index (χ4v) is 6.74. The van der Waals surface area contributed by atoms with Gasteiger partial charge in [0.05, 0.1) is 12.0 Å². The Kier molecular flexibility index (Phi) is 2.94. The number of hydrogen-bond acceptors (Lipinski definition) is 4. The summed E-state index contributed by atoms with van der Waals surface area (Å²) in [5.74, 6) is 1.44.